The third kappa shape index (κ3) is 4.32. The summed E-state index contributed by atoms with van der Waals surface area (Å²) in [5.74, 6) is 0.699. The van der Waals surface area contributed by atoms with Crippen LogP contribution in [0.5, 0.6) is 0 Å². The second-order valence-corrected chi connectivity index (χ2v) is 5.55. The molecule has 0 aliphatic rings. The second kappa shape index (κ2) is 7.78. The van der Waals surface area contributed by atoms with Crippen molar-refractivity contribution in [3.63, 3.8) is 0 Å². The van der Waals surface area contributed by atoms with Crippen molar-refractivity contribution in [2.45, 2.75) is 39.3 Å². The smallest absolute Gasteiger partial charge is 0.315 e. The molecule has 1 heterocycles. The Balaban J connectivity index is 2.02. The maximum absolute atomic E-state index is 12.3. The van der Waals surface area contributed by atoms with E-state index in [1.165, 1.54) is 0 Å². The number of urea groups is 1. The predicted octanol–water partition coefficient (Wildman–Crippen LogP) is 2.78. The van der Waals surface area contributed by atoms with Crippen molar-refractivity contribution in [2.75, 3.05) is 6.61 Å². The molecular weight excluding hydrogens is 294 g/mol. The number of aromatic nitrogens is 1. The highest BCUT2D eigenvalue weighted by atomic mass is 16.5. The fraction of sp³-hybridized carbons (Fsp3) is 0.412. The molecule has 6 nitrogen and oxygen atoms in total. The van der Waals surface area contributed by atoms with Gasteiger partial charge < -0.3 is 20.3 Å². The van der Waals surface area contributed by atoms with Crippen LogP contribution in [0, 0.1) is 13.8 Å². The Morgan fingerprint density at radius 3 is 2.52 bits per heavy atom. The molecule has 0 saturated carbocycles. The van der Waals surface area contributed by atoms with Gasteiger partial charge in [-0.25, -0.2) is 4.79 Å². The van der Waals surface area contributed by atoms with Gasteiger partial charge >= 0.3 is 6.03 Å². The first-order valence-corrected chi connectivity index (χ1v) is 7.68. The van der Waals surface area contributed by atoms with Crippen LogP contribution in [0.15, 0.2) is 34.9 Å². The third-order valence-electron chi connectivity index (χ3n) is 3.79. The van der Waals surface area contributed by atoms with Gasteiger partial charge in [-0.3, -0.25) is 0 Å². The van der Waals surface area contributed by atoms with Gasteiger partial charge in [0.1, 0.15) is 5.76 Å². The van der Waals surface area contributed by atoms with Crippen molar-refractivity contribution in [1.82, 2.24) is 15.8 Å². The Bertz CT molecular complexity index is 620. The molecule has 124 valence electrons. The van der Waals surface area contributed by atoms with Crippen molar-refractivity contribution in [2.24, 2.45) is 0 Å². The van der Waals surface area contributed by atoms with E-state index in [0.29, 0.717) is 12.2 Å². The fourth-order valence-corrected chi connectivity index (χ4v) is 2.71. The van der Waals surface area contributed by atoms with E-state index in [4.69, 9.17) is 4.52 Å². The molecule has 0 spiro atoms. The zero-order chi connectivity index (χ0) is 16.8. The normalized spacial score (nSPS) is 13.4. The minimum Gasteiger partial charge on any atom is -0.396 e. The molecule has 2 rings (SSSR count). The number of carbonyl (C=O) groups excluding carboxylic acids is 1. The number of carbonyl (C=O) groups is 1. The Hall–Kier alpha value is -2.34. The number of benzene rings is 1. The molecule has 6 heteroatoms. The van der Waals surface area contributed by atoms with Crippen LogP contribution in [0.25, 0.3) is 0 Å². The van der Waals surface area contributed by atoms with Gasteiger partial charge in [-0.2, -0.15) is 0 Å². The van der Waals surface area contributed by atoms with E-state index in [2.05, 4.69) is 15.8 Å². The maximum atomic E-state index is 12.3. The van der Waals surface area contributed by atoms with Crippen LogP contribution in [-0.2, 0) is 0 Å². The molecular formula is C17H23N3O3. The molecule has 1 aromatic carbocycles. The van der Waals surface area contributed by atoms with Crippen LogP contribution in [0.4, 0.5) is 4.79 Å². The number of aliphatic hydroxyl groups is 1. The Labute approximate surface area is 135 Å². The van der Waals surface area contributed by atoms with Gasteiger partial charge in [-0.1, -0.05) is 35.5 Å². The van der Waals surface area contributed by atoms with Gasteiger partial charge in [-0.05, 0) is 32.8 Å². The first kappa shape index (κ1) is 17.0. The van der Waals surface area contributed by atoms with E-state index in [1.807, 2.05) is 51.1 Å². The SMILES string of the molecule is Cc1noc(C)c1C(C)NC(=O)N[C@H](CCO)c1ccccc1. The molecule has 0 bridgehead atoms. The summed E-state index contributed by atoms with van der Waals surface area (Å²) in [5, 5.41) is 18.9. The highest BCUT2D eigenvalue weighted by Gasteiger charge is 2.20. The largest absolute Gasteiger partial charge is 0.396 e. The average molecular weight is 317 g/mol. The van der Waals surface area contributed by atoms with Crippen LogP contribution in [0.2, 0.25) is 0 Å². The van der Waals surface area contributed by atoms with E-state index in [0.717, 1.165) is 16.8 Å². The molecule has 2 atom stereocenters. The van der Waals surface area contributed by atoms with E-state index in [9.17, 15) is 9.90 Å². The number of hydrogen-bond donors (Lipinski definition) is 3. The summed E-state index contributed by atoms with van der Waals surface area (Å²) in [6.45, 7) is 5.55. The minimum atomic E-state index is -0.292. The summed E-state index contributed by atoms with van der Waals surface area (Å²) in [4.78, 5) is 12.3. The summed E-state index contributed by atoms with van der Waals surface area (Å²) in [5.41, 5.74) is 2.62. The van der Waals surface area contributed by atoms with Crippen molar-refractivity contribution >= 4 is 6.03 Å². The molecule has 23 heavy (non-hydrogen) atoms. The van der Waals surface area contributed by atoms with E-state index < -0.39 is 0 Å². The molecule has 3 N–H and O–H groups in total. The number of hydrogen-bond acceptors (Lipinski definition) is 4. The lowest BCUT2D eigenvalue weighted by atomic mass is 10.0. The molecule has 0 aliphatic carbocycles. The third-order valence-corrected chi connectivity index (χ3v) is 3.79. The van der Waals surface area contributed by atoms with Gasteiger partial charge in [0, 0.05) is 12.2 Å². The molecule has 2 aromatic rings. The zero-order valence-electron chi connectivity index (χ0n) is 13.7. The lowest BCUT2D eigenvalue weighted by Gasteiger charge is -2.21. The summed E-state index contributed by atoms with van der Waals surface area (Å²) in [7, 11) is 0. The van der Waals surface area contributed by atoms with Crippen molar-refractivity contribution < 1.29 is 14.4 Å². The second-order valence-electron chi connectivity index (χ2n) is 5.55. The highest BCUT2D eigenvalue weighted by Crippen LogP contribution is 2.21. The van der Waals surface area contributed by atoms with E-state index in [1.54, 1.807) is 0 Å². The van der Waals surface area contributed by atoms with Crippen LogP contribution in [-0.4, -0.2) is 22.9 Å². The monoisotopic (exact) mass is 317 g/mol. The van der Waals surface area contributed by atoms with Crippen molar-refractivity contribution in [1.29, 1.82) is 0 Å². The van der Waals surface area contributed by atoms with Gasteiger partial charge in [0.2, 0.25) is 0 Å². The first-order valence-electron chi connectivity index (χ1n) is 7.68. The molecule has 0 radical (unpaired) electrons. The lowest BCUT2D eigenvalue weighted by molar-refractivity contribution is 0.226. The standard InChI is InChI=1S/C17H23N3O3/c1-11(16-12(2)20-23-13(16)3)18-17(22)19-15(9-10-21)14-7-5-4-6-8-14/h4-8,11,15,21H,9-10H2,1-3H3,(H2,18,19,22)/t11?,15-/m1/s1. The number of aliphatic hydroxyl groups excluding tert-OH is 1. The average Bonchev–Trinajstić information content (AvgIpc) is 2.86. The zero-order valence-corrected chi connectivity index (χ0v) is 13.7. The number of aryl methyl sites for hydroxylation is 2. The van der Waals surface area contributed by atoms with Gasteiger partial charge in [-0.15, -0.1) is 0 Å². The number of nitrogens with one attached hydrogen (secondary N) is 2. The predicted molar refractivity (Wildman–Crippen MR) is 86.9 cm³/mol. The van der Waals surface area contributed by atoms with Crippen molar-refractivity contribution in [3.05, 3.63) is 52.9 Å². The van der Waals surface area contributed by atoms with Crippen molar-refractivity contribution in [3.8, 4) is 0 Å². The molecule has 0 aliphatic heterocycles. The Morgan fingerprint density at radius 2 is 1.96 bits per heavy atom. The van der Waals surface area contributed by atoms with Crippen LogP contribution >= 0.6 is 0 Å². The Morgan fingerprint density at radius 1 is 1.26 bits per heavy atom. The summed E-state index contributed by atoms with van der Waals surface area (Å²) in [6, 6.07) is 8.84. The molecule has 1 aromatic heterocycles. The first-order chi connectivity index (χ1) is 11.0. The van der Waals surface area contributed by atoms with Crippen LogP contribution in [0.1, 0.15) is 48.0 Å². The highest BCUT2D eigenvalue weighted by molar-refractivity contribution is 5.75. The van der Waals surface area contributed by atoms with Gasteiger partial charge in [0.15, 0.2) is 0 Å². The number of nitrogens with zero attached hydrogens (tertiary/aromatic N) is 1. The van der Waals surface area contributed by atoms with Gasteiger partial charge in [0.25, 0.3) is 0 Å². The quantitative estimate of drug-likeness (QED) is 0.764. The Kier molecular flexibility index (Phi) is 5.76. The molecule has 0 fully saturated rings. The number of rotatable bonds is 6. The number of amides is 2. The fourth-order valence-electron chi connectivity index (χ4n) is 2.71. The molecule has 0 saturated heterocycles. The maximum Gasteiger partial charge on any atom is 0.315 e. The molecule has 2 amide bonds. The summed E-state index contributed by atoms with van der Waals surface area (Å²) in [6.07, 6.45) is 0.455. The van der Waals surface area contributed by atoms with Crippen LogP contribution < -0.4 is 10.6 Å². The lowest BCUT2D eigenvalue weighted by Crippen LogP contribution is -2.39. The van der Waals surface area contributed by atoms with E-state index >= 15 is 0 Å². The van der Waals surface area contributed by atoms with Gasteiger partial charge in [0.05, 0.1) is 17.8 Å². The summed E-state index contributed by atoms with van der Waals surface area (Å²) >= 11 is 0. The topological polar surface area (TPSA) is 87.4 Å². The minimum absolute atomic E-state index is 0.000733. The van der Waals surface area contributed by atoms with E-state index in [-0.39, 0.29) is 24.7 Å². The summed E-state index contributed by atoms with van der Waals surface area (Å²) < 4.78 is 5.13. The van der Waals surface area contributed by atoms with Crippen LogP contribution in [0.3, 0.4) is 0 Å². The molecule has 1 unspecified atom stereocenters.